The Balaban J connectivity index is 1.86. The predicted molar refractivity (Wildman–Crippen MR) is 79.2 cm³/mol. The Labute approximate surface area is 132 Å². The first-order chi connectivity index (χ1) is 11.0. The molecule has 122 valence electrons. The molecule has 0 unspecified atom stereocenters. The van der Waals surface area contributed by atoms with Crippen LogP contribution >= 0.6 is 0 Å². The van der Waals surface area contributed by atoms with Gasteiger partial charge in [-0.3, -0.25) is 15.3 Å². The Hall–Kier alpha value is -2.45. The van der Waals surface area contributed by atoms with E-state index in [4.69, 9.17) is 15.2 Å². The lowest BCUT2D eigenvalue weighted by Gasteiger charge is -2.07. The van der Waals surface area contributed by atoms with E-state index in [1.54, 1.807) is 24.3 Å². The van der Waals surface area contributed by atoms with Gasteiger partial charge in [0.2, 0.25) is 0 Å². The van der Waals surface area contributed by atoms with Crippen molar-refractivity contribution in [1.29, 1.82) is 0 Å². The number of hydrogen-bond acceptors (Lipinski definition) is 7. The van der Waals surface area contributed by atoms with E-state index >= 15 is 0 Å². The quantitative estimate of drug-likeness (QED) is 0.312. The molecule has 0 aliphatic rings. The highest BCUT2D eigenvalue weighted by Crippen LogP contribution is 2.17. The van der Waals surface area contributed by atoms with E-state index in [1.807, 2.05) is 0 Å². The molecule has 0 spiro atoms. The highest BCUT2D eigenvalue weighted by molar-refractivity contribution is 5.91. The number of esters is 1. The Morgan fingerprint density at radius 1 is 1.00 bits per heavy atom. The first kappa shape index (κ1) is 16.9. The number of carbonyl (C=O) groups is 1. The third-order valence-electron chi connectivity index (χ3n) is 3.05. The van der Waals surface area contributed by atoms with Gasteiger partial charge >= 0.3 is 5.97 Å². The standard InChI is InChI=1S/C16H17NO6/c18-14-7-9-15(10-8-14)23-16(19)13-5-3-12(4-6-13)2-1-11-22-17(20)21/h3-10,18,20-21H,1-2,11H2. The largest absolute Gasteiger partial charge is 0.508 e. The Morgan fingerprint density at radius 2 is 1.65 bits per heavy atom. The van der Waals surface area contributed by atoms with Gasteiger partial charge in [0.1, 0.15) is 11.5 Å². The summed E-state index contributed by atoms with van der Waals surface area (Å²) in [6.45, 7) is 0.164. The summed E-state index contributed by atoms with van der Waals surface area (Å²) in [5.74, 6) is -0.0305. The van der Waals surface area contributed by atoms with Crippen LogP contribution in [-0.2, 0) is 11.3 Å². The highest BCUT2D eigenvalue weighted by Gasteiger charge is 2.08. The molecule has 7 nitrogen and oxygen atoms in total. The monoisotopic (exact) mass is 319 g/mol. The molecule has 0 aromatic heterocycles. The van der Waals surface area contributed by atoms with E-state index in [0.717, 1.165) is 5.56 Å². The molecule has 0 bridgehead atoms. The second-order valence-electron chi connectivity index (χ2n) is 4.77. The summed E-state index contributed by atoms with van der Waals surface area (Å²) in [6, 6.07) is 12.8. The number of ether oxygens (including phenoxy) is 1. The number of rotatable bonds is 7. The molecule has 2 aromatic rings. The molecule has 23 heavy (non-hydrogen) atoms. The van der Waals surface area contributed by atoms with Gasteiger partial charge in [0.05, 0.1) is 17.6 Å². The highest BCUT2D eigenvalue weighted by atomic mass is 17.1. The minimum atomic E-state index is -0.484. The number of nitrogens with zero attached hydrogens (tertiary/aromatic N) is 1. The summed E-state index contributed by atoms with van der Waals surface area (Å²) in [5, 5.41) is 25.6. The van der Waals surface area contributed by atoms with Crippen LogP contribution in [0, 0.1) is 0 Å². The van der Waals surface area contributed by atoms with E-state index in [-0.39, 0.29) is 17.7 Å². The zero-order valence-corrected chi connectivity index (χ0v) is 12.3. The van der Waals surface area contributed by atoms with Crippen LogP contribution in [-0.4, -0.2) is 33.5 Å². The number of phenols is 1. The Morgan fingerprint density at radius 3 is 2.26 bits per heavy atom. The van der Waals surface area contributed by atoms with Gasteiger partial charge in [-0.25, -0.2) is 4.79 Å². The molecule has 2 aromatic carbocycles. The lowest BCUT2D eigenvalue weighted by atomic mass is 10.1. The average Bonchev–Trinajstić information content (AvgIpc) is 2.54. The third kappa shape index (κ3) is 5.68. The van der Waals surface area contributed by atoms with Crippen molar-refractivity contribution in [1.82, 2.24) is 5.39 Å². The van der Waals surface area contributed by atoms with E-state index in [1.165, 1.54) is 24.3 Å². The number of phenolic OH excluding ortho intramolecular Hbond substituents is 1. The van der Waals surface area contributed by atoms with Gasteiger partial charge in [0.25, 0.3) is 0 Å². The fourth-order valence-corrected chi connectivity index (χ4v) is 1.91. The van der Waals surface area contributed by atoms with Crippen LogP contribution in [0.1, 0.15) is 22.3 Å². The minimum absolute atomic E-state index is 0.101. The van der Waals surface area contributed by atoms with Crippen LogP contribution in [0.25, 0.3) is 0 Å². The Kier molecular flexibility index (Phi) is 6.07. The smallest absolute Gasteiger partial charge is 0.343 e. The number of aromatic hydroxyl groups is 1. The molecule has 0 fully saturated rings. The van der Waals surface area contributed by atoms with Gasteiger partial charge < -0.3 is 9.84 Å². The maximum Gasteiger partial charge on any atom is 0.343 e. The molecule has 0 saturated carbocycles. The summed E-state index contributed by atoms with van der Waals surface area (Å²) in [7, 11) is 0. The van der Waals surface area contributed by atoms with Crippen molar-refractivity contribution in [3.05, 3.63) is 59.7 Å². The van der Waals surface area contributed by atoms with Gasteiger partial charge in [0, 0.05) is 0 Å². The molecule has 0 atom stereocenters. The van der Waals surface area contributed by atoms with Crippen LogP contribution in [0.4, 0.5) is 0 Å². The average molecular weight is 319 g/mol. The minimum Gasteiger partial charge on any atom is -0.508 e. The van der Waals surface area contributed by atoms with Crippen molar-refractivity contribution in [2.45, 2.75) is 12.8 Å². The van der Waals surface area contributed by atoms with E-state index < -0.39 is 5.97 Å². The van der Waals surface area contributed by atoms with Gasteiger partial charge in [0.15, 0.2) is 0 Å². The number of aryl methyl sites for hydroxylation is 1. The topological polar surface area (TPSA) is 99.5 Å². The summed E-state index contributed by atoms with van der Waals surface area (Å²) >= 11 is 0. The number of carbonyl (C=O) groups excluding carboxylic acids is 1. The second kappa shape index (κ2) is 8.25. The molecule has 0 heterocycles. The molecule has 0 aliphatic heterocycles. The van der Waals surface area contributed by atoms with Gasteiger partial charge in [-0.05, 0) is 54.8 Å². The molecule has 0 amide bonds. The molecule has 0 saturated heterocycles. The van der Waals surface area contributed by atoms with E-state index in [0.29, 0.717) is 24.2 Å². The summed E-state index contributed by atoms with van der Waals surface area (Å²) in [5.41, 5.74) is 1.40. The normalized spacial score (nSPS) is 10.7. The van der Waals surface area contributed by atoms with Gasteiger partial charge in [-0.15, -0.1) is 0 Å². The molecule has 2 rings (SSSR count). The first-order valence-corrected chi connectivity index (χ1v) is 6.95. The second-order valence-corrected chi connectivity index (χ2v) is 4.77. The van der Waals surface area contributed by atoms with Crippen LogP contribution in [0.2, 0.25) is 0 Å². The van der Waals surface area contributed by atoms with Gasteiger partial charge in [-0.2, -0.15) is 0 Å². The zero-order valence-electron chi connectivity index (χ0n) is 12.3. The van der Waals surface area contributed by atoms with E-state index in [9.17, 15) is 9.90 Å². The third-order valence-corrected chi connectivity index (χ3v) is 3.05. The zero-order chi connectivity index (χ0) is 16.7. The summed E-state index contributed by atoms with van der Waals surface area (Å²) in [4.78, 5) is 16.4. The molecular formula is C16H17NO6. The van der Waals surface area contributed by atoms with E-state index in [2.05, 4.69) is 4.84 Å². The first-order valence-electron chi connectivity index (χ1n) is 6.95. The lowest BCUT2D eigenvalue weighted by Crippen LogP contribution is -2.15. The van der Waals surface area contributed by atoms with Crippen molar-refractivity contribution in [2.24, 2.45) is 0 Å². The summed E-state index contributed by atoms with van der Waals surface area (Å²) < 4.78 is 5.19. The fourth-order valence-electron chi connectivity index (χ4n) is 1.91. The molecular weight excluding hydrogens is 302 g/mol. The maximum atomic E-state index is 12.0. The summed E-state index contributed by atoms with van der Waals surface area (Å²) in [6.07, 6.45) is 1.26. The molecule has 7 heteroatoms. The molecule has 0 aliphatic carbocycles. The Bertz CT molecular complexity index is 624. The number of benzene rings is 2. The van der Waals surface area contributed by atoms with Crippen LogP contribution in [0.5, 0.6) is 11.5 Å². The van der Waals surface area contributed by atoms with Crippen LogP contribution in [0.3, 0.4) is 0 Å². The van der Waals surface area contributed by atoms with Crippen molar-refractivity contribution < 1.29 is 29.9 Å². The van der Waals surface area contributed by atoms with Crippen LogP contribution in [0.15, 0.2) is 48.5 Å². The number of hydrogen-bond donors (Lipinski definition) is 3. The predicted octanol–water partition coefficient (Wildman–Crippen LogP) is 2.56. The SMILES string of the molecule is O=C(Oc1ccc(O)cc1)c1ccc(CCCON(O)O)cc1. The van der Waals surface area contributed by atoms with Crippen LogP contribution < -0.4 is 4.74 Å². The maximum absolute atomic E-state index is 12.0. The lowest BCUT2D eigenvalue weighted by molar-refractivity contribution is -0.492. The van der Waals surface area contributed by atoms with Crippen molar-refractivity contribution in [2.75, 3.05) is 6.61 Å². The van der Waals surface area contributed by atoms with Crippen molar-refractivity contribution >= 4 is 5.97 Å². The van der Waals surface area contributed by atoms with Gasteiger partial charge in [-0.1, -0.05) is 12.1 Å². The van der Waals surface area contributed by atoms with Crippen molar-refractivity contribution in [3.8, 4) is 11.5 Å². The molecule has 0 radical (unpaired) electrons. The van der Waals surface area contributed by atoms with Crippen molar-refractivity contribution in [3.63, 3.8) is 0 Å². The fraction of sp³-hybridized carbons (Fsp3) is 0.188. The molecule has 3 N–H and O–H groups in total.